The second-order valence-electron chi connectivity index (χ2n) is 6.39. The van der Waals surface area contributed by atoms with Crippen molar-refractivity contribution >= 4 is 35.8 Å². The van der Waals surface area contributed by atoms with Crippen molar-refractivity contribution in [2.24, 2.45) is 22.2 Å². The molecule has 0 saturated carbocycles. The maximum absolute atomic E-state index is 10.6. The molecule has 32 heavy (non-hydrogen) atoms. The van der Waals surface area contributed by atoms with E-state index in [1.54, 1.807) is 0 Å². The first-order valence-electron chi connectivity index (χ1n) is 9.10. The Bertz CT molecular complexity index is 600. The van der Waals surface area contributed by atoms with E-state index in [4.69, 9.17) is 42.7 Å². The van der Waals surface area contributed by atoms with E-state index in [2.05, 4.69) is 4.99 Å². The van der Waals surface area contributed by atoms with Gasteiger partial charge in [-0.05, 0) is 12.8 Å². The van der Waals surface area contributed by atoms with Crippen LogP contribution in [0, 0.1) is 0 Å². The van der Waals surface area contributed by atoms with Crippen molar-refractivity contribution in [1.29, 1.82) is 0 Å². The maximum atomic E-state index is 10.6. The average molecular weight is 466 g/mol. The first-order valence-corrected chi connectivity index (χ1v) is 9.10. The van der Waals surface area contributed by atoms with E-state index in [9.17, 15) is 24.0 Å². The minimum atomic E-state index is -1.23. The van der Waals surface area contributed by atoms with Crippen molar-refractivity contribution < 1.29 is 49.5 Å². The molecule has 1 atom stereocenters. The average Bonchev–Trinajstić information content (AvgIpc) is 2.61. The molecule has 184 valence electrons. The van der Waals surface area contributed by atoms with Crippen molar-refractivity contribution in [1.82, 2.24) is 9.80 Å². The van der Waals surface area contributed by atoms with Gasteiger partial charge in [0.15, 0.2) is 5.96 Å². The van der Waals surface area contributed by atoms with Gasteiger partial charge in [0.05, 0.1) is 26.2 Å². The lowest BCUT2D eigenvalue weighted by atomic mass is 10.2. The minimum Gasteiger partial charge on any atom is -0.480 e. The highest BCUT2D eigenvalue weighted by atomic mass is 16.4. The zero-order valence-electron chi connectivity index (χ0n) is 17.3. The Kier molecular flexibility index (Phi) is 16.5. The zero-order chi connectivity index (χ0) is 25.3. The van der Waals surface area contributed by atoms with Crippen molar-refractivity contribution in [3.63, 3.8) is 0 Å². The van der Waals surface area contributed by atoms with E-state index in [1.165, 1.54) is 0 Å². The van der Waals surface area contributed by atoms with E-state index >= 15 is 0 Å². The van der Waals surface area contributed by atoms with Crippen LogP contribution in [0.4, 0.5) is 0 Å². The molecule has 0 aromatic carbocycles. The standard InChI is InChI=1S/C10H16N2O8.C6H14N4O2/c13-7(14)3-11(4-8(15)16)1-2-12(5-9(17)18)6-10(19)20;7-4(5(11)12)2-1-3-10-6(8)9/h1-6H2,(H,13,14)(H,15,16)(H,17,18)(H,19,20);4H,1-3,7H2,(H,11,12)(H4,8,9,10). The number of guanidine groups is 1. The summed E-state index contributed by atoms with van der Waals surface area (Å²) in [5.74, 6) is -5.90. The summed E-state index contributed by atoms with van der Waals surface area (Å²) >= 11 is 0. The highest BCUT2D eigenvalue weighted by Crippen LogP contribution is 1.95. The van der Waals surface area contributed by atoms with Crippen LogP contribution in [0.15, 0.2) is 4.99 Å². The van der Waals surface area contributed by atoms with Crippen LogP contribution in [0.25, 0.3) is 0 Å². The normalized spacial score (nSPS) is 11.2. The van der Waals surface area contributed by atoms with Crippen molar-refractivity contribution in [3.05, 3.63) is 0 Å². The van der Waals surface area contributed by atoms with Gasteiger partial charge in [-0.15, -0.1) is 0 Å². The van der Waals surface area contributed by atoms with Gasteiger partial charge >= 0.3 is 29.8 Å². The van der Waals surface area contributed by atoms with Gasteiger partial charge in [-0.3, -0.25) is 38.8 Å². The molecule has 0 fully saturated rings. The third kappa shape index (κ3) is 21.2. The van der Waals surface area contributed by atoms with Gasteiger partial charge in [0.2, 0.25) is 0 Å². The molecule has 0 aromatic rings. The molecule has 16 heteroatoms. The lowest BCUT2D eigenvalue weighted by molar-refractivity contribution is -0.145. The van der Waals surface area contributed by atoms with Crippen molar-refractivity contribution in [3.8, 4) is 0 Å². The lowest BCUT2D eigenvalue weighted by Gasteiger charge is -2.23. The summed E-state index contributed by atoms with van der Waals surface area (Å²) in [5, 5.41) is 42.8. The number of aliphatic carboxylic acids is 5. The molecule has 0 aromatic heterocycles. The molecule has 0 spiro atoms. The van der Waals surface area contributed by atoms with Crippen molar-refractivity contribution in [2.45, 2.75) is 18.9 Å². The lowest BCUT2D eigenvalue weighted by Crippen LogP contribution is -2.43. The number of hydrogen-bond donors (Lipinski definition) is 8. The number of carboxylic acid groups (broad SMARTS) is 5. The largest absolute Gasteiger partial charge is 0.480 e. The SMILES string of the molecule is NC(N)=NCCCC(N)C(=O)O.O=C(O)CN(CCN(CC(=O)O)CC(=O)O)CC(=O)O. The third-order valence-corrected chi connectivity index (χ3v) is 3.45. The number of nitrogens with two attached hydrogens (primary N) is 3. The molecule has 0 amide bonds. The zero-order valence-corrected chi connectivity index (χ0v) is 17.3. The van der Waals surface area contributed by atoms with Gasteiger partial charge in [0, 0.05) is 19.6 Å². The Morgan fingerprint density at radius 1 is 0.719 bits per heavy atom. The number of nitrogens with zero attached hydrogens (tertiary/aromatic N) is 3. The van der Waals surface area contributed by atoms with Crippen LogP contribution < -0.4 is 17.2 Å². The molecular weight excluding hydrogens is 436 g/mol. The molecule has 0 radical (unpaired) electrons. The maximum Gasteiger partial charge on any atom is 0.320 e. The van der Waals surface area contributed by atoms with Gasteiger partial charge in [-0.25, -0.2) is 0 Å². The quantitative estimate of drug-likeness (QED) is 0.0618. The fourth-order valence-electron chi connectivity index (χ4n) is 2.12. The number of carbonyl (C=O) groups is 5. The fraction of sp³-hybridized carbons (Fsp3) is 0.625. The van der Waals surface area contributed by atoms with Crippen LogP contribution in [0.3, 0.4) is 0 Å². The molecule has 16 nitrogen and oxygen atoms in total. The van der Waals surface area contributed by atoms with Crippen LogP contribution in [-0.4, -0.2) is 123 Å². The van der Waals surface area contributed by atoms with E-state index in [0.717, 1.165) is 9.80 Å². The monoisotopic (exact) mass is 466 g/mol. The van der Waals surface area contributed by atoms with Crippen LogP contribution in [-0.2, 0) is 24.0 Å². The van der Waals surface area contributed by atoms with Gasteiger partial charge in [0.1, 0.15) is 6.04 Å². The molecule has 0 aliphatic rings. The predicted molar refractivity (Wildman–Crippen MR) is 109 cm³/mol. The Morgan fingerprint density at radius 2 is 1.06 bits per heavy atom. The minimum absolute atomic E-state index is 0.0129. The summed E-state index contributed by atoms with van der Waals surface area (Å²) in [7, 11) is 0. The Labute approximate surface area is 182 Å². The molecular formula is C16H30N6O10. The van der Waals surface area contributed by atoms with E-state index in [-0.39, 0.29) is 19.0 Å². The topological polar surface area (TPSA) is 283 Å². The smallest absolute Gasteiger partial charge is 0.320 e. The van der Waals surface area contributed by atoms with Crippen molar-refractivity contribution in [2.75, 3.05) is 45.8 Å². The summed E-state index contributed by atoms with van der Waals surface area (Å²) in [6.07, 6.45) is 0.956. The van der Waals surface area contributed by atoms with Gasteiger partial charge in [0.25, 0.3) is 0 Å². The van der Waals surface area contributed by atoms with E-state index < -0.39 is 62.1 Å². The Balaban J connectivity index is 0. The first-order chi connectivity index (χ1) is 14.7. The molecule has 0 aliphatic heterocycles. The Morgan fingerprint density at radius 3 is 1.31 bits per heavy atom. The van der Waals surface area contributed by atoms with Crippen LogP contribution in [0.2, 0.25) is 0 Å². The highest BCUT2D eigenvalue weighted by molar-refractivity contribution is 5.75. The van der Waals surface area contributed by atoms with Gasteiger partial charge in [-0.1, -0.05) is 0 Å². The van der Waals surface area contributed by atoms with E-state index in [1.807, 2.05) is 0 Å². The molecule has 0 bridgehead atoms. The molecule has 0 rings (SSSR count). The van der Waals surface area contributed by atoms with Gasteiger partial charge < -0.3 is 42.7 Å². The third-order valence-electron chi connectivity index (χ3n) is 3.45. The second kappa shape index (κ2) is 17.2. The van der Waals surface area contributed by atoms with Crippen LogP contribution in [0.5, 0.6) is 0 Å². The van der Waals surface area contributed by atoms with E-state index in [0.29, 0.717) is 19.4 Å². The second-order valence-corrected chi connectivity index (χ2v) is 6.39. The Hall–Kier alpha value is -3.50. The molecule has 0 heterocycles. The summed E-state index contributed by atoms with van der Waals surface area (Å²) in [6.45, 7) is -1.83. The molecule has 1 unspecified atom stereocenters. The summed E-state index contributed by atoms with van der Waals surface area (Å²) in [5.41, 5.74) is 15.3. The fourth-order valence-corrected chi connectivity index (χ4v) is 2.12. The predicted octanol–water partition coefficient (Wildman–Crippen LogP) is -3.62. The molecule has 11 N–H and O–H groups in total. The first kappa shape index (κ1) is 30.7. The summed E-state index contributed by atoms with van der Waals surface area (Å²) in [6, 6.07) is -0.820. The number of rotatable bonds is 16. The number of hydrogen-bond acceptors (Lipinski definition) is 9. The highest BCUT2D eigenvalue weighted by Gasteiger charge is 2.18. The van der Waals surface area contributed by atoms with Gasteiger partial charge in [-0.2, -0.15) is 0 Å². The molecule has 0 saturated heterocycles. The summed E-state index contributed by atoms with van der Waals surface area (Å²) < 4.78 is 0. The number of aliphatic imine (C=N–C) groups is 1. The summed E-state index contributed by atoms with van der Waals surface area (Å²) in [4.78, 5) is 58.3. The molecule has 0 aliphatic carbocycles. The van der Waals surface area contributed by atoms with Crippen LogP contribution >= 0.6 is 0 Å². The number of carboxylic acids is 5. The van der Waals surface area contributed by atoms with Crippen LogP contribution in [0.1, 0.15) is 12.8 Å².